The Hall–Kier alpha value is -0.980. The van der Waals surface area contributed by atoms with Crippen LogP contribution in [0.5, 0.6) is 0 Å². The predicted molar refractivity (Wildman–Crippen MR) is 124 cm³/mol. The van der Waals surface area contributed by atoms with Crippen LogP contribution in [0.2, 0.25) is 0 Å². The lowest BCUT2D eigenvalue weighted by molar-refractivity contribution is -0.232. The van der Waals surface area contributed by atoms with Crippen molar-refractivity contribution in [3.63, 3.8) is 0 Å². The van der Waals surface area contributed by atoms with Crippen molar-refractivity contribution in [1.82, 2.24) is 0 Å². The molecule has 0 bridgehead atoms. The zero-order valence-electron chi connectivity index (χ0n) is 20.0. The molecule has 1 N–H and O–H groups in total. The molecule has 0 radical (unpaired) electrons. The fraction of sp³-hybridized carbons (Fsp3) is 0.786. The first-order valence-electron chi connectivity index (χ1n) is 13.3. The standard InChI is InChI=1S/C28H40O5/c1-27-11-9-22-21-10-12-28(32-13-14-33-28)16-20(21)15-24(26(22)23(27)7-8-25(27)29)31-18-30-17-19-5-3-2-4-6-19/h2-6,20-26,29H,7-18H2,1H3/t20-,21-,22+,23-,24+,25-,26+,27-/m0/s1. The van der Waals surface area contributed by atoms with Gasteiger partial charge in [-0.2, -0.15) is 0 Å². The summed E-state index contributed by atoms with van der Waals surface area (Å²) in [6.45, 7) is 4.73. The molecule has 0 aromatic heterocycles. The van der Waals surface area contributed by atoms with Crippen LogP contribution in [0.15, 0.2) is 30.3 Å². The lowest BCUT2D eigenvalue weighted by Gasteiger charge is -2.58. The Morgan fingerprint density at radius 2 is 1.79 bits per heavy atom. The highest BCUT2D eigenvalue weighted by atomic mass is 16.7. The zero-order chi connectivity index (χ0) is 22.5. The fourth-order valence-corrected chi connectivity index (χ4v) is 8.59. The number of hydrogen-bond acceptors (Lipinski definition) is 5. The molecule has 5 nitrogen and oxygen atoms in total. The minimum atomic E-state index is -0.338. The third-order valence-corrected chi connectivity index (χ3v) is 10.2. The van der Waals surface area contributed by atoms with Crippen molar-refractivity contribution in [3.8, 4) is 0 Å². The van der Waals surface area contributed by atoms with Gasteiger partial charge in [-0.1, -0.05) is 37.3 Å². The van der Waals surface area contributed by atoms with E-state index in [4.69, 9.17) is 18.9 Å². The minimum Gasteiger partial charge on any atom is -0.393 e. The van der Waals surface area contributed by atoms with E-state index in [1.54, 1.807) is 0 Å². The third kappa shape index (κ3) is 3.98. The molecule has 1 heterocycles. The molecule has 0 amide bonds. The maximum Gasteiger partial charge on any atom is 0.168 e. The van der Waals surface area contributed by atoms with E-state index in [0.29, 0.717) is 37.1 Å². The second-order valence-electron chi connectivity index (χ2n) is 11.7. The summed E-state index contributed by atoms with van der Waals surface area (Å²) in [5.74, 6) is 2.76. The molecular weight excluding hydrogens is 416 g/mol. The first-order valence-corrected chi connectivity index (χ1v) is 13.3. The van der Waals surface area contributed by atoms with E-state index in [2.05, 4.69) is 19.1 Å². The van der Waals surface area contributed by atoms with Crippen LogP contribution in [-0.4, -0.2) is 43.1 Å². The maximum absolute atomic E-state index is 10.9. The average Bonchev–Trinajstić information content (AvgIpc) is 3.41. The van der Waals surface area contributed by atoms with Crippen molar-refractivity contribution in [2.45, 2.75) is 82.9 Å². The first-order chi connectivity index (χ1) is 16.1. The van der Waals surface area contributed by atoms with Gasteiger partial charge in [0.05, 0.1) is 32.0 Å². The summed E-state index contributed by atoms with van der Waals surface area (Å²) in [5.41, 5.74) is 1.23. The number of aliphatic hydroxyl groups excluding tert-OH is 1. The molecule has 1 aromatic carbocycles. The van der Waals surface area contributed by atoms with Gasteiger partial charge in [0.1, 0.15) is 6.79 Å². The molecule has 33 heavy (non-hydrogen) atoms. The molecule has 0 unspecified atom stereocenters. The van der Waals surface area contributed by atoms with Crippen molar-refractivity contribution in [3.05, 3.63) is 35.9 Å². The third-order valence-electron chi connectivity index (χ3n) is 10.2. The summed E-state index contributed by atoms with van der Waals surface area (Å²) in [6, 6.07) is 10.3. The molecule has 4 saturated carbocycles. The van der Waals surface area contributed by atoms with Gasteiger partial charge >= 0.3 is 0 Å². The molecule has 1 saturated heterocycles. The van der Waals surface area contributed by atoms with E-state index in [1.165, 1.54) is 18.4 Å². The Bertz CT molecular complexity index is 808. The summed E-state index contributed by atoms with van der Waals surface area (Å²) < 4.78 is 24.8. The maximum atomic E-state index is 10.9. The summed E-state index contributed by atoms with van der Waals surface area (Å²) in [6.07, 6.45) is 8.80. The molecule has 1 aromatic rings. The predicted octanol–water partition coefficient (Wildman–Crippen LogP) is 4.91. The number of benzene rings is 1. The zero-order valence-corrected chi connectivity index (χ0v) is 20.0. The number of hydrogen-bond donors (Lipinski definition) is 1. The lowest BCUT2D eigenvalue weighted by atomic mass is 9.49. The van der Waals surface area contributed by atoms with E-state index in [0.717, 1.165) is 57.7 Å². The largest absolute Gasteiger partial charge is 0.393 e. The highest BCUT2D eigenvalue weighted by molar-refractivity contribution is 5.13. The molecular formula is C28H40O5. The van der Waals surface area contributed by atoms with Crippen molar-refractivity contribution >= 4 is 0 Å². The van der Waals surface area contributed by atoms with Gasteiger partial charge in [-0.3, -0.25) is 0 Å². The van der Waals surface area contributed by atoms with Crippen LogP contribution in [0.3, 0.4) is 0 Å². The number of fused-ring (bicyclic) bond motifs is 5. The highest BCUT2D eigenvalue weighted by Crippen LogP contribution is 2.63. The van der Waals surface area contributed by atoms with Crippen molar-refractivity contribution < 1.29 is 24.1 Å². The van der Waals surface area contributed by atoms with E-state index < -0.39 is 0 Å². The van der Waals surface area contributed by atoms with Crippen LogP contribution in [0.1, 0.15) is 63.9 Å². The van der Waals surface area contributed by atoms with Gasteiger partial charge in [-0.25, -0.2) is 0 Å². The molecule has 5 aliphatic rings. The Labute approximate surface area is 198 Å². The van der Waals surface area contributed by atoms with Crippen LogP contribution in [-0.2, 0) is 25.6 Å². The van der Waals surface area contributed by atoms with Crippen LogP contribution in [0, 0.1) is 35.0 Å². The molecule has 8 atom stereocenters. The average molecular weight is 457 g/mol. The van der Waals surface area contributed by atoms with Gasteiger partial charge in [0, 0.05) is 12.8 Å². The van der Waals surface area contributed by atoms with E-state index in [1.807, 2.05) is 18.2 Å². The SMILES string of the molecule is C[C@]12CC[C@@H]3[C@H]4CCC5(C[C@@H]4C[C@@H](OCOCc4ccccc4)[C@H]3[C@@H]1CC[C@@H]2O)OCCO5. The molecule has 1 aliphatic heterocycles. The number of ether oxygens (including phenoxy) is 4. The lowest BCUT2D eigenvalue weighted by Crippen LogP contribution is -2.56. The van der Waals surface area contributed by atoms with Crippen LogP contribution in [0.4, 0.5) is 0 Å². The van der Waals surface area contributed by atoms with Gasteiger partial charge < -0.3 is 24.1 Å². The normalized spacial score (nSPS) is 43.8. The summed E-state index contributed by atoms with van der Waals surface area (Å²) in [7, 11) is 0. The topological polar surface area (TPSA) is 57.2 Å². The molecule has 5 fully saturated rings. The monoisotopic (exact) mass is 456 g/mol. The van der Waals surface area contributed by atoms with E-state index in [-0.39, 0.29) is 23.4 Å². The Balaban J connectivity index is 1.19. The van der Waals surface area contributed by atoms with Crippen LogP contribution in [0.25, 0.3) is 0 Å². The molecule has 5 heteroatoms. The number of aliphatic hydroxyl groups is 1. The number of rotatable bonds is 5. The fourth-order valence-electron chi connectivity index (χ4n) is 8.59. The van der Waals surface area contributed by atoms with Crippen LogP contribution < -0.4 is 0 Å². The molecule has 182 valence electrons. The summed E-state index contributed by atoms with van der Waals surface area (Å²) >= 11 is 0. The minimum absolute atomic E-state index is 0.0497. The van der Waals surface area contributed by atoms with Crippen molar-refractivity contribution in [2.24, 2.45) is 35.0 Å². The summed E-state index contributed by atoms with van der Waals surface area (Å²) in [4.78, 5) is 0. The van der Waals surface area contributed by atoms with Crippen molar-refractivity contribution in [2.75, 3.05) is 20.0 Å². The van der Waals surface area contributed by atoms with E-state index >= 15 is 0 Å². The summed E-state index contributed by atoms with van der Waals surface area (Å²) in [5, 5.41) is 10.9. The van der Waals surface area contributed by atoms with Crippen LogP contribution >= 0.6 is 0 Å². The molecule has 4 aliphatic carbocycles. The van der Waals surface area contributed by atoms with E-state index in [9.17, 15) is 5.11 Å². The van der Waals surface area contributed by atoms with Gasteiger partial charge in [0.25, 0.3) is 0 Å². The van der Waals surface area contributed by atoms with Crippen molar-refractivity contribution in [1.29, 1.82) is 0 Å². The van der Waals surface area contributed by atoms with Gasteiger partial charge in [0.2, 0.25) is 0 Å². The molecule has 1 spiro atoms. The highest BCUT2D eigenvalue weighted by Gasteiger charge is 2.61. The van der Waals surface area contributed by atoms with Gasteiger partial charge in [-0.05, 0) is 79.1 Å². The first kappa shape index (κ1) is 22.5. The van der Waals surface area contributed by atoms with Gasteiger partial charge in [0.15, 0.2) is 5.79 Å². The Morgan fingerprint density at radius 1 is 1.00 bits per heavy atom. The van der Waals surface area contributed by atoms with Gasteiger partial charge in [-0.15, -0.1) is 0 Å². The Kier molecular flexibility index (Phi) is 6.07. The smallest absolute Gasteiger partial charge is 0.168 e. The second-order valence-corrected chi connectivity index (χ2v) is 11.7. The molecule has 6 rings (SSSR count). The Morgan fingerprint density at radius 3 is 2.61 bits per heavy atom. The quantitative estimate of drug-likeness (QED) is 0.504. The second kappa shape index (κ2) is 8.91.